The smallest absolute Gasteiger partial charge is 0.120 e. The average Bonchev–Trinajstić information content (AvgIpc) is 2.17. The number of piperidine rings is 1. The second-order valence-electron chi connectivity index (χ2n) is 5.34. The Morgan fingerprint density at radius 3 is 3.00 bits per heavy atom. The van der Waals surface area contributed by atoms with Crippen LogP contribution in [0.15, 0.2) is 0 Å². The van der Waals surface area contributed by atoms with Crippen LogP contribution in [0.4, 0.5) is 4.39 Å². The van der Waals surface area contributed by atoms with E-state index in [1.807, 2.05) is 0 Å². The van der Waals surface area contributed by atoms with Crippen LogP contribution in [0, 0.1) is 5.92 Å². The molecule has 0 aromatic carbocycles. The van der Waals surface area contributed by atoms with Crippen molar-refractivity contribution in [2.45, 2.75) is 38.3 Å². The second-order valence-corrected chi connectivity index (χ2v) is 5.34. The number of rotatable bonds is 2. The average molecular weight is 215 g/mol. The third kappa shape index (κ3) is 3.42. The summed E-state index contributed by atoms with van der Waals surface area (Å²) in [4.78, 5) is 2.28. The third-order valence-corrected chi connectivity index (χ3v) is 3.50. The number of halogens is 1. The summed E-state index contributed by atoms with van der Waals surface area (Å²) in [6, 6.07) is 0. The van der Waals surface area contributed by atoms with Gasteiger partial charge in [-0.05, 0) is 45.1 Å². The predicted molar refractivity (Wildman–Crippen MR) is 58.7 cm³/mol. The fraction of sp³-hybridized carbons (Fsp3) is 1.00. The van der Waals surface area contributed by atoms with Crippen LogP contribution in [0.3, 0.4) is 0 Å². The van der Waals surface area contributed by atoms with Crippen LogP contribution in [0.1, 0.15) is 32.6 Å². The molecule has 2 aliphatic heterocycles. The van der Waals surface area contributed by atoms with E-state index in [4.69, 9.17) is 4.74 Å². The Morgan fingerprint density at radius 2 is 2.33 bits per heavy atom. The molecular formula is C12H22FNO. The molecule has 2 fully saturated rings. The lowest BCUT2D eigenvalue weighted by atomic mass is 9.94. The van der Waals surface area contributed by atoms with E-state index < -0.39 is 5.67 Å². The first-order valence-electron chi connectivity index (χ1n) is 6.15. The highest BCUT2D eigenvalue weighted by Gasteiger charge is 2.31. The van der Waals surface area contributed by atoms with Crippen LogP contribution in [0.5, 0.6) is 0 Å². The van der Waals surface area contributed by atoms with Gasteiger partial charge in [-0.3, -0.25) is 4.90 Å². The second kappa shape index (κ2) is 4.79. The first kappa shape index (κ1) is 11.3. The molecule has 0 amide bonds. The molecule has 0 aromatic rings. The number of likely N-dealkylation sites (tertiary alicyclic amines) is 1. The molecule has 0 bridgehead atoms. The topological polar surface area (TPSA) is 12.5 Å². The summed E-state index contributed by atoms with van der Waals surface area (Å²) in [6.07, 6.45) is 4.15. The highest BCUT2D eigenvalue weighted by atomic mass is 19.1. The molecule has 3 heteroatoms. The minimum atomic E-state index is -0.965. The van der Waals surface area contributed by atoms with Crippen molar-refractivity contribution in [2.75, 3.05) is 32.8 Å². The Balaban J connectivity index is 1.78. The van der Waals surface area contributed by atoms with Gasteiger partial charge in [0, 0.05) is 19.7 Å². The quantitative estimate of drug-likeness (QED) is 0.700. The van der Waals surface area contributed by atoms with E-state index in [9.17, 15) is 4.39 Å². The summed E-state index contributed by atoms with van der Waals surface area (Å²) >= 11 is 0. The first-order chi connectivity index (χ1) is 7.16. The summed E-state index contributed by atoms with van der Waals surface area (Å²) in [5.41, 5.74) is -0.965. The summed E-state index contributed by atoms with van der Waals surface area (Å²) < 4.78 is 19.3. The van der Waals surface area contributed by atoms with Gasteiger partial charge in [0.25, 0.3) is 0 Å². The van der Waals surface area contributed by atoms with E-state index in [1.54, 1.807) is 6.92 Å². The van der Waals surface area contributed by atoms with Gasteiger partial charge in [0.1, 0.15) is 5.67 Å². The van der Waals surface area contributed by atoms with Gasteiger partial charge >= 0.3 is 0 Å². The zero-order chi connectivity index (χ0) is 10.7. The van der Waals surface area contributed by atoms with E-state index in [-0.39, 0.29) is 0 Å². The molecule has 2 aliphatic rings. The molecular weight excluding hydrogens is 193 g/mol. The van der Waals surface area contributed by atoms with Gasteiger partial charge in [0.2, 0.25) is 0 Å². The fourth-order valence-electron chi connectivity index (χ4n) is 2.77. The fourth-order valence-corrected chi connectivity index (χ4v) is 2.77. The van der Waals surface area contributed by atoms with Crippen LogP contribution in [0.25, 0.3) is 0 Å². The predicted octanol–water partition coefficient (Wildman–Crippen LogP) is 2.24. The van der Waals surface area contributed by atoms with Crippen molar-refractivity contribution in [1.29, 1.82) is 0 Å². The van der Waals surface area contributed by atoms with Crippen molar-refractivity contribution in [3.8, 4) is 0 Å². The highest BCUT2D eigenvalue weighted by molar-refractivity contribution is 4.84. The molecule has 2 atom stereocenters. The lowest BCUT2D eigenvalue weighted by Gasteiger charge is -2.37. The molecule has 0 spiro atoms. The van der Waals surface area contributed by atoms with E-state index in [0.29, 0.717) is 12.5 Å². The Labute approximate surface area is 91.8 Å². The molecule has 0 radical (unpaired) electrons. The van der Waals surface area contributed by atoms with E-state index in [2.05, 4.69) is 4.90 Å². The number of nitrogens with zero attached hydrogens (tertiary/aromatic N) is 1. The van der Waals surface area contributed by atoms with Gasteiger partial charge in [-0.15, -0.1) is 0 Å². The van der Waals surface area contributed by atoms with Gasteiger partial charge in [-0.25, -0.2) is 4.39 Å². The van der Waals surface area contributed by atoms with Gasteiger partial charge in [-0.2, -0.15) is 0 Å². The molecule has 15 heavy (non-hydrogen) atoms. The molecule has 2 rings (SSSR count). The Hall–Kier alpha value is -0.150. The van der Waals surface area contributed by atoms with Gasteiger partial charge < -0.3 is 4.74 Å². The van der Waals surface area contributed by atoms with Crippen molar-refractivity contribution in [2.24, 2.45) is 5.92 Å². The van der Waals surface area contributed by atoms with Crippen molar-refractivity contribution in [1.82, 2.24) is 4.90 Å². The van der Waals surface area contributed by atoms with Crippen molar-refractivity contribution < 1.29 is 9.13 Å². The lowest BCUT2D eigenvalue weighted by Crippen LogP contribution is -2.46. The summed E-state index contributed by atoms with van der Waals surface area (Å²) in [5.74, 6) is 0.632. The van der Waals surface area contributed by atoms with Crippen molar-refractivity contribution in [3.05, 3.63) is 0 Å². The highest BCUT2D eigenvalue weighted by Crippen LogP contribution is 2.26. The largest absolute Gasteiger partial charge is 0.381 e. The first-order valence-corrected chi connectivity index (χ1v) is 6.15. The molecule has 0 saturated carbocycles. The zero-order valence-corrected chi connectivity index (χ0v) is 9.67. The minimum absolute atomic E-state index is 0.615. The monoisotopic (exact) mass is 215 g/mol. The molecule has 2 saturated heterocycles. The summed E-state index contributed by atoms with van der Waals surface area (Å²) in [7, 11) is 0. The molecule has 2 nitrogen and oxygen atoms in total. The number of hydrogen-bond donors (Lipinski definition) is 0. The van der Waals surface area contributed by atoms with Crippen LogP contribution >= 0.6 is 0 Å². The SMILES string of the molecule is C[C@]1(F)CCCN(C[C@H]2CCCOC2)C1. The summed E-state index contributed by atoms with van der Waals surface area (Å²) in [5, 5.41) is 0. The van der Waals surface area contributed by atoms with Crippen LogP contribution in [0.2, 0.25) is 0 Å². The normalized spacial score (nSPS) is 39.2. The number of alkyl halides is 1. The third-order valence-electron chi connectivity index (χ3n) is 3.50. The van der Waals surface area contributed by atoms with Crippen LogP contribution in [-0.4, -0.2) is 43.4 Å². The van der Waals surface area contributed by atoms with Crippen molar-refractivity contribution >= 4 is 0 Å². The Kier molecular flexibility index (Phi) is 3.62. The molecule has 88 valence electrons. The Bertz CT molecular complexity index is 202. The molecule has 0 aromatic heterocycles. The van der Waals surface area contributed by atoms with Crippen molar-refractivity contribution in [3.63, 3.8) is 0 Å². The van der Waals surface area contributed by atoms with Crippen LogP contribution in [-0.2, 0) is 4.74 Å². The van der Waals surface area contributed by atoms with Gasteiger partial charge in [0.05, 0.1) is 6.61 Å². The Morgan fingerprint density at radius 1 is 1.47 bits per heavy atom. The van der Waals surface area contributed by atoms with Gasteiger partial charge in [0.15, 0.2) is 0 Å². The van der Waals surface area contributed by atoms with E-state index >= 15 is 0 Å². The zero-order valence-electron chi connectivity index (χ0n) is 9.67. The maximum Gasteiger partial charge on any atom is 0.120 e. The van der Waals surface area contributed by atoms with Crippen LogP contribution < -0.4 is 0 Å². The lowest BCUT2D eigenvalue weighted by molar-refractivity contribution is 0.0106. The summed E-state index contributed by atoms with van der Waals surface area (Å²) in [6.45, 7) is 6.23. The standard InChI is InChI=1S/C12H22FNO/c1-12(13)5-3-6-14(10-12)8-11-4-2-7-15-9-11/h11H,2-10H2,1H3/t11-,12+/m1/s1. The maximum atomic E-state index is 13.8. The van der Waals surface area contributed by atoms with E-state index in [0.717, 1.165) is 39.1 Å². The van der Waals surface area contributed by atoms with E-state index in [1.165, 1.54) is 12.8 Å². The number of hydrogen-bond acceptors (Lipinski definition) is 2. The van der Waals surface area contributed by atoms with Gasteiger partial charge in [-0.1, -0.05) is 0 Å². The molecule has 0 aliphatic carbocycles. The number of ether oxygens (including phenoxy) is 1. The molecule has 2 heterocycles. The molecule has 0 unspecified atom stereocenters. The minimum Gasteiger partial charge on any atom is -0.381 e. The molecule has 0 N–H and O–H groups in total. The maximum absolute atomic E-state index is 13.8.